The van der Waals surface area contributed by atoms with Crippen molar-refractivity contribution in [1.29, 1.82) is 0 Å². The van der Waals surface area contributed by atoms with Crippen LogP contribution in [0.2, 0.25) is 0 Å². The first-order valence-corrected chi connectivity index (χ1v) is 3.80. The lowest BCUT2D eigenvalue weighted by Gasteiger charge is -2.10. The van der Waals surface area contributed by atoms with E-state index in [1.54, 1.807) is 12.1 Å². The third-order valence-corrected chi connectivity index (χ3v) is 1.71. The number of rotatable bonds is 3. The summed E-state index contributed by atoms with van der Waals surface area (Å²) >= 11 is 0. The lowest BCUT2D eigenvalue weighted by Crippen LogP contribution is -1.96. The molecule has 0 spiro atoms. The molecular formula is C8H10N4O2. The van der Waals surface area contributed by atoms with Crippen molar-refractivity contribution in [2.45, 2.75) is 0 Å². The molecule has 74 valence electrons. The molecule has 2 N–H and O–H groups in total. The van der Waals surface area contributed by atoms with E-state index in [-0.39, 0.29) is 5.69 Å². The average Bonchev–Trinajstić information content (AvgIpc) is 2.21. The Labute approximate surface area is 80.9 Å². The van der Waals surface area contributed by atoms with E-state index in [9.17, 15) is 0 Å². The highest BCUT2D eigenvalue weighted by Crippen LogP contribution is 2.39. The van der Waals surface area contributed by atoms with E-state index in [2.05, 4.69) is 10.0 Å². The molecule has 1 aromatic rings. The predicted molar refractivity (Wildman–Crippen MR) is 52.8 cm³/mol. The summed E-state index contributed by atoms with van der Waals surface area (Å²) in [5, 5.41) is 3.41. The minimum Gasteiger partial charge on any atom is -0.493 e. The van der Waals surface area contributed by atoms with E-state index in [4.69, 9.17) is 20.7 Å². The number of benzene rings is 1. The highest BCUT2D eigenvalue weighted by Gasteiger charge is 2.10. The van der Waals surface area contributed by atoms with Gasteiger partial charge in [0.15, 0.2) is 11.5 Å². The Hall–Kier alpha value is -2.07. The van der Waals surface area contributed by atoms with E-state index in [0.717, 1.165) is 0 Å². The van der Waals surface area contributed by atoms with Gasteiger partial charge in [-0.3, -0.25) is 0 Å². The van der Waals surface area contributed by atoms with Crippen molar-refractivity contribution < 1.29 is 9.47 Å². The molecule has 0 unspecified atom stereocenters. The molecule has 0 aliphatic carbocycles. The Balaban J connectivity index is 3.34. The first kappa shape index (κ1) is 10.0. The van der Waals surface area contributed by atoms with E-state index in [1.165, 1.54) is 14.2 Å². The van der Waals surface area contributed by atoms with Crippen LogP contribution in [-0.2, 0) is 0 Å². The van der Waals surface area contributed by atoms with Gasteiger partial charge in [0.25, 0.3) is 0 Å². The van der Waals surface area contributed by atoms with Crippen molar-refractivity contribution in [2.75, 3.05) is 20.0 Å². The number of nitrogens with two attached hydrogens (primary N) is 1. The van der Waals surface area contributed by atoms with Gasteiger partial charge in [-0.2, -0.15) is 0 Å². The zero-order valence-electron chi connectivity index (χ0n) is 7.89. The Morgan fingerprint density at radius 2 is 2.07 bits per heavy atom. The molecule has 0 saturated carbocycles. The largest absolute Gasteiger partial charge is 0.493 e. The first-order valence-electron chi connectivity index (χ1n) is 3.80. The third-order valence-electron chi connectivity index (χ3n) is 1.71. The van der Waals surface area contributed by atoms with Crippen LogP contribution < -0.4 is 15.2 Å². The Bertz CT molecular complexity index is 385. The molecule has 0 fully saturated rings. The van der Waals surface area contributed by atoms with Crippen molar-refractivity contribution in [3.8, 4) is 11.5 Å². The molecule has 0 atom stereocenters. The second-order valence-electron chi connectivity index (χ2n) is 2.42. The van der Waals surface area contributed by atoms with Crippen LogP contribution >= 0.6 is 0 Å². The molecule has 6 heteroatoms. The molecular weight excluding hydrogens is 184 g/mol. The fourth-order valence-electron chi connectivity index (χ4n) is 1.08. The second kappa shape index (κ2) is 4.25. The van der Waals surface area contributed by atoms with Gasteiger partial charge in [0, 0.05) is 4.91 Å². The van der Waals surface area contributed by atoms with Crippen molar-refractivity contribution in [3.05, 3.63) is 22.6 Å². The van der Waals surface area contributed by atoms with Gasteiger partial charge in [-0.05, 0) is 17.7 Å². The maximum Gasteiger partial charge on any atom is 0.184 e. The Morgan fingerprint density at radius 3 is 2.57 bits per heavy atom. The van der Waals surface area contributed by atoms with Crippen molar-refractivity contribution in [3.63, 3.8) is 0 Å². The van der Waals surface area contributed by atoms with Crippen molar-refractivity contribution in [1.82, 2.24) is 0 Å². The quantitative estimate of drug-likeness (QED) is 0.346. The SMILES string of the molecule is COc1ccc(N=[N+]=[N-])c(N)c1OC. The summed E-state index contributed by atoms with van der Waals surface area (Å²) in [5.41, 5.74) is 14.5. The van der Waals surface area contributed by atoms with Crippen LogP contribution in [0.5, 0.6) is 11.5 Å². The summed E-state index contributed by atoms with van der Waals surface area (Å²) in [6, 6.07) is 3.19. The molecule has 0 aliphatic heterocycles. The standard InChI is InChI=1S/C8H10N4O2/c1-13-6-4-3-5(11-12-10)7(9)8(6)14-2/h3-4H,9H2,1-2H3. The summed E-state index contributed by atoms with van der Waals surface area (Å²) in [7, 11) is 2.97. The van der Waals surface area contributed by atoms with Crippen LogP contribution in [-0.4, -0.2) is 14.2 Å². The van der Waals surface area contributed by atoms with Crippen LogP contribution in [0.15, 0.2) is 17.2 Å². The molecule has 0 heterocycles. The Kier molecular flexibility index (Phi) is 3.04. The molecule has 0 amide bonds. The van der Waals surface area contributed by atoms with E-state index >= 15 is 0 Å². The molecule has 1 rings (SSSR count). The maximum atomic E-state index is 8.26. The molecule has 0 aliphatic rings. The third kappa shape index (κ3) is 1.65. The number of anilines is 1. The van der Waals surface area contributed by atoms with Crippen LogP contribution in [0.25, 0.3) is 10.4 Å². The smallest absolute Gasteiger partial charge is 0.184 e. The summed E-state index contributed by atoms with van der Waals surface area (Å²) < 4.78 is 10.0. The zero-order chi connectivity index (χ0) is 10.6. The molecule has 0 radical (unpaired) electrons. The Morgan fingerprint density at radius 1 is 1.36 bits per heavy atom. The fourth-order valence-corrected chi connectivity index (χ4v) is 1.08. The lowest BCUT2D eigenvalue weighted by molar-refractivity contribution is 0.356. The summed E-state index contributed by atoms with van der Waals surface area (Å²) in [5.74, 6) is 0.874. The predicted octanol–water partition coefficient (Wildman–Crippen LogP) is 2.23. The monoisotopic (exact) mass is 194 g/mol. The summed E-state index contributed by atoms with van der Waals surface area (Å²) in [6.45, 7) is 0. The van der Waals surface area contributed by atoms with Crippen molar-refractivity contribution in [2.24, 2.45) is 5.11 Å². The van der Waals surface area contributed by atoms with Gasteiger partial charge in [-0.15, -0.1) is 0 Å². The van der Waals surface area contributed by atoms with Crippen molar-refractivity contribution >= 4 is 11.4 Å². The number of hydrogen-bond donors (Lipinski definition) is 1. The number of hydrogen-bond acceptors (Lipinski definition) is 4. The van der Waals surface area contributed by atoms with Gasteiger partial charge in [0.2, 0.25) is 0 Å². The molecule has 0 bridgehead atoms. The topological polar surface area (TPSA) is 93.2 Å². The van der Waals surface area contributed by atoms with Gasteiger partial charge in [-0.1, -0.05) is 5.11 Å². The highest BCUT2D eigenvalue weighted by atomic mass is 16.5. The molecule has 1 aromatic carbocycles. The van der Waals surface area contributed by atoms with Gasteiger partial charge >= 0.3 is 0 Å². The molecule has 14 heavy (non-hydrogen) atoms. The molecule has 6 nitrogen and oxygen atoms in total. The fraction of sp³-hybridized carbons (Fsp3) is 0.250. The number of nitrogens with zero attached hydrogens (tertiary/aromatic N) is 3. The number of ether oxygens (including phenoxy) is 2. The maximum absolute atomic E-state index is 8.26. The van der Waals surface area contributed by atoms with Gasteiger partial charge < -0.3 is 15.2 Å². The van der Waals surface area contributed by atoms with Crippen LogP contribution in [0, 0.1) is 0 Å². The highest BCUT2D eigenvalue weighted by molar-refractivity contribution is 5.74. The van der Waals surface area contributed by atoms with Crippen LogP contribution in [0.1, 0.15) is 0 Å². The van der Waals surface area contributed by atoms with E-state index in [1.807, 2.05) is 0 Å². The molecule has 0 aromatic heterocycles. The van der Waals surface area contributed by atoms with Crippen LogP contribution in [0.4, 0.5) is 11.4 Å². The number of methoxy groups -OCH3 is 2. The molecule has 0 saturated heterocycles. The van der Waals surface area contributed by atoms with Gasteiger partial charge in [0.05, 0.1) is 25.6 Å². The zero-order valence-corrected chi connectivity index (χ0v) is 7.89. The van der Waals surface area contributed by atoms with E-state index < -0.39 is 0 Å². The van der Waals surface area contributed by atoms with Gasteiger partial charge in [-0.25, -0.2) is 0 Å². The summed E-state index contributed by atoms with van der Waals surface area (Å²) in [4.78, 5) is 2.65. The van der Waals surface area contributed by atoms with Gasteiger partial charge in [0.1, 0.15) is 0 Å². The minimum atomic E-state index is 0.268. The number of azide groups is 1. The second-order valence-corrected chi connectivity index (χ2v) is 2.42. The lowest BCUT2D eigenvalue weighted by atomic mass is 10.2. The van der Waals surface area contributed by atoms with E-state index in [0.29, 0.717) is 17.2 Å². The minimum absolute atomic E-state index is 0.268. The average molecular weight is 194 g/mol. The summed E-state index contributed by atoms with van der Waals surface area (Å²) in [6.07, 6.45) is 0. The number of nitrogen functional groups attached to an aromatic ring is 1. The van der Waals surface area contributed by atoms with Crippen LogP contribution in [0.3, 0.4) is 0 Å². The first-order chi connectivity index (χ1) is 6.74. The normalized spacial score (nSPS) is 9.00.